The van der Waals surface area contributed by atoms with Crippen LogP contribution in [0.3, 0.4) is 0 Å². The van der Waals surface area contributed by atoms with Gasteiger partial charge >= 0.3 is 0 Å². The number of halogens is 2. The molecular weight excluding hydrogens is 266 g/mol. The summed E-state index contributed by atoms with van der Waals surface area (Å²) in [7, 11) is 4.03. The number of carbonyl (C=O) groups excluding carboxylic acids is 1. The Bertz CT molecular complexity index is 408. The smallest absolute Gasteiger partial charge is 0.249 e. The fourth-order valence-corrected chi connectivity index (χ4v) is 3.95. The van der Waals surface area contributed by atoms with E-state index >= 15 is 0 Å². The monoisotopic (exact) mass is 288 g/mol. The van der Waals surface area contributed by atoms with Crippen molar-refractivity contribution in [3.05, 3.63) is 0 Å². The average molecular weight is 288 g/mol. The molecule has 0 aromatic rings. The third kappa shape index (κ3) is 2.33. The van der Waals surface area contributed by atoms with Crippen molar-refractivity contribution >= 4 is 5.91 Å². The third-order valence-corrected chi connectivity index (χ3v) is 4.90. The lowest BCUT2D eigenvalue weighted by molar-refractivity contribution is -0.159. The van der Waals surface area contributed by atoms with Gasteiger partial charge in [-0.2, -0.15) is 0 Å². The molecule has 0 unspecified atom stereocenters. The number of carbonyl (C=O) groups is 1. The molecule has 3 fully saturated rings. The lowest BCUT2D eigenvalue weighted by Gasteiger charge is -2.37. The molecule has 2 saturated heterocycles. The second kappa shape index (κ2) is 4.63. The van der Waals surface area contributed by atoms with E-state index in [9.17, 15) is 13.6 Å². The molecule has 0 bridgehead atoms. The lowest BCUT2D eigenvalue weighted by atomic mass is 9.80. The van der Waals surface area contributed by atoms with Gasteiger partial charge in [-0.15, -0.1) is 0 Å². The SMILES string of the molecule is CN(C)C[C@@]12COC[C@@H]1CN(C(=O)C1CC(F)(F)C1)C2. The van der Waals surface area contributed by atoms with Crippen molar-refractivity contribution in [2.75, 3.05) is 46.9 Å². The fraction of sp³-hybridized carbons (Fsp3) is 0.929. The summed E-state index contributed by atoms with van der Waals surface area (Å²) in [5.41, 5.74) is -0.00851. The Morgan fingerprint density at radius 1 is 1.40 bits per heavy atom. The van der Waals surface area contributed by atoms with E-state index in [1.807, 2.05) is 14.1 Å². The molecule has 2 atom stereocenters. The van der Waals surface area contributed by atoms with E-state index in [0.29, 0.717) is 32.2 Å². The minimum absolute atomic E-state index is 0.00851. The molecule has 4 nitrogen and oxygen atoms in total. The Hall–Kier alpha value is -0.750. The van der Waals surface area contributed by atoms with Gasteiger partial charge in [0.15, 0.2) is 0 Å². The van der Waals surface area contributed by atoms with E-state index in [4.69, 9.17) is 4.74 Å². The van der Waals surface area contributed by atoms with Crippen molar-refractivity contribution in [1.82, 2.24) is 9.80 Å². The highest BCUT2D eigenvalue weighted by Gasteiger charge is 2.55. The maximum absolute atomic E-state index is 12.9. The van der Waals surface area contributed by atoms with Gasteiger partial charge < -0.3 is 14.5 Å². The predicted octanol–water partition coefficient (Wildman–Crippen LogP) is 1.07. The quantitative estimate of drug-likeness (QED) is 0.779. The molecule has 1 amide bonds. The highest BCUT2D eigenvalue weighted by atomic mass is 19.3. The number of rotatable bonds is 3. The van der Waals surface area contributed by atoms with E-state index < -0.39 is 11.8 Å². The molecular formula is C14H22F2N2O2. The van der Waals surface area contributed by atoms with Crippen LogP contribution in [0.25, 0.3) is 0 Å². The van der Waals surface area contributed by atoms with Crippen molar-refractivity contribution < 1.29 is 18.3 Å². The van der Waals surface area contributed by atoms with E-state index in [0.717, 1.165) is 6.54 Å². The van der Waals surface area contributed by atoms with Crippen LogP contribution in [0.2, 0.25) is 0 Å². The van der Waals surface area contributed by atoms with Gasteiger partial charge in [-0.25, -0.2) is 8.78 Å². The zero-order valence-corrected chi connectivity index (χ0v) is 12.1. The average Bonchev–Trinajstić information content (AvgIpc) is 2.79. The molecule has 1 saturated carbocycles. The van der Waals surface area contributed by atoms with Crippen LogP contribution in [0.5, 0.6) is 0 Å². The van der Waals surface area contributed by atoms with E-state index in [1.54, 1.807) is 4.90 Å². The number of alkyl halides is 2. The Labute approximate surface area is 118 Å². The fourth-order valence-electron chi connectivity index (χ4n) is 3.95. The van der Waals surface area contributed by atoms with Crippen molar-refractivity contribution in [2.24, 2.45) is 17.3 Å². The third-order valence-electron chi connectivity index (χ3n) is 4.90. The first-order chi connectivity index (χ1) is 9.31. The zero-order valence-electron chi connectivity index (χ0n) is 12.1. The van der Waals surface area contributed by atoms with E-state index in [-0.39, 0.29) is 24.2 Å². The van der Waals surface area contributed by atoms with Crippen LogP contribution in [0.4, 0.5) is 8.78 Å². The number of nitrogens with zero attached hydrogens (tertiary/aromatic N) is 2. The Morgan fingerprint density at radius 2 is 2.10 bits per heavy atom. The van der Waals surface area contributed by atoms with E-state index in [2.05, 4.69) is 4.90 Å². The topological polar surface area (TPSA) is 32.8 Å². The van der Waals surface area contributed by atoms with Crippen LogP contribution in [0.15, 0.2) is 0 Å². The van der Waals surface area contributed by atoms with Gasteiger partial charge in [-0.3, -0.25) is 4.79 Å². The molecule has 6 heteroatoms. The molecule has 114 valence electrons. The highest BCUT2D eigenvalue weighted by molar-refractivity contribution is 5.80. The number of hydrogen-bond acceptors (Lipinski definition) is 3. The largest absolute Gasteiger partial charge is 0.380 e. The summed E-state index contributed by atoms with van der Waals surface area (Å²) < 4.78 is 31.4. The molecule has 0 aromatic heterocycles. The molecule has 3 rings (SSSR count). The standard InChI is InChI=1S/C14H22F2N2O2/c1-17(2)7-13-8-18(5-11(13)6-20-9-13)12(19)10-3-14(15,16)4-10/h10-11H,3-9H2,1-2H3/t11-,13+/m0/s1. The maximum Gasteiger partial charge on any atom is 0.249 e. The summed E-state index contributed by atoms with van der Waals surface area (Å²) in [4.78, 5) is 16.2. The van der Waals surface area contributed by atoms with Gasteiger partial charge in [0.1, 0.15) is 0 Å². The molecule has 3 aliphatic rings. The van der Waals surface area contributed by atoms with Gasteiger partial charge in [-0.1, -0.05) is 0 Å². The molecule has 1 aliphatic carbocycles. The summed E-state index contributed by atoms with van der Waals surface area (Å²) in [5.74, 6) is -2.83. The Morgan fingerprint density at radius 3 is 2.70 bits per heavy atom. The van der Waals surface area contributed by atoms with Crippen LogP contribution < -0.4 is 0 Å². The Balaban J connectivity index is 1.65. The summed E-state index contributed by atoms with van der Waals surface area (Å²) in [5, 5.41) is 0. The van der Waals surface area contributed by atoms with E-state index in [1.165, 1.54) is 0 Å². The number of hydrogen-bond donors (Lipinski definition) is 0. The molecule has 2 heterocycles. The molecule has 0 aromatic carbocycles. The molecule has 0 spiro atoms. The van der Waals surface area contributed by atoms with Gasteiger partial charge in [0.2, 0.25) is 11.8 Å². The van der Waals surface area contributed by atoms with Crippen molar-refractivity contribution in [3.63, 3.8) is 0 Å². The molecule has 0 N–H and O–H groups in total. The number of amides is 1. The van der Waals surface area contributed by atoms with Gasteiger partial charge in [-0.05, 0) is 14.1 Å². The lowest BCUT2D eigenvalue weighted by Crippen LogP contribution is -2.47. The second-order valence-corrected chi connectivity index (χ2v) is 6.99. The normalized spacial score (nSPS) is 36.2. The minimum atomic E-state index is -2.62. The zero-order chi connectivity index (χ0) is 14.5. The molecule has 20 heavy (non-hydrogen) atoms. The van der Waals surface area contributed by atoms with Crippen LogP contribution in [0.1, 0.15) is 12.8 Å². The number of likely N-dealkylation sites (tertiary alicyclic amines) is 1. The van der Waals surface area contributed by atoms with Crippen molar-refractivity contribution in [3.8, 4) is 0 Å². The van der Waals surface area contributed by atoms with Crippen molar-refractivity contribution in [2.45, 2.75) is 18.8 Å². The minimum Gasteiger partial charge on any atom is -0.380 e. The van der Waals surface area contributed by atoms with Crippen LogP contribution in [0, 0.1) is 17.3 Å². The summed E-state index contributed by atoms with van der Waals surface area (Å²) in [6.07, 6.45) is -0.547. The number of ether oxygens (including phenoxy) is 1. The Kier molecular flexibility index (Phi) is 3.29. The van der Waals surface area contributed by atoms with Gasteiger partial charge in [0, 0.05) is 49.7 Å². The number of fused-ring (bicyclic) bond motifs is 1. The first-order valence-electron chi connectivity index (χ1n) is 7.20. The summed E-state index contributed by atoms with van der Waals surface area (Å²) >= 11 is 0. The van der Waals surface area contributed by atoms with Crippen LogP contribution in [-0.4, -0.2) is 68.6 Å². The van der Waals surface area contributed by atoms with Gasteiger partial charge in [0.05, 0.1) is 13.2 Å². The van der Waals surface area contributed by atoms with Crippen LogP contribution >= 0.6 is 0 Å². The van der Waals surface area contributed by atoms with Gasteiger partial charge in [0.25, 0.3) is 0 Å². The predicted molar refractivity (Wildman–Crippen MR) is 69.5 cm³/mol. The van der Waals surface area contributed by atoms with Crippen molar-refractivity contribution in [1.29, 1.82) is 0 Å². The second-order valence-electron chi connectivity index (χ2n) is 6.99. The maximum atomic E-state index is 12.9. The highest BCUT2D eigenvalue weighted by Crippen LogP contribution is 2.46. The first kappa shape index (κ1) is 14.2. The van der Waals surface area contributed by atoms with Crippen LogP contribution in [-0.2, 0) is 9.53 Å². The molecule has 0 radical (unpaired) electrons. The summed E-state index contributed by atoms with van der Waals surface area (Å²) in [6.45, 7) is 3.53. The summed E-state index contributed by atoms with van der Waals surface area (Å²) in [6, 6.07) is 0. The first-order valence-corrected chi connectivity index (χ1v) is 7.20. The molecule has 2 aliphatic heterocycles.